The van der Waals surface area contributed by atoms with E-state index in [0.29, 0.717) is 6.54 Å². The Morgan fingerprint density at radius 1 is 1.29 bits per heavy atom. The van der Waals surface area contributed by atoms with Gasteiger partial charge in [0.05, 0.1) is 6.54 Å². The minimum atomic E-state index is -4.43. The van der Waals surface area contributed by atoms with Crippen LogP contribution in [-0.2, 0) is 12.7 Å². The third-order valence-corrected chi connectivity index (χ3v) is 2.82. The molecule has 1 aliphatic heterocycles. The summed E-state index contributed by atoms with van der Waals surface area (Å²) in [5.41, 5.74) is -0.957. The summed E-state index contributed by atoms with van der Waals surface area (Å²) in [5, 5.41) is 3.03. The van der Waals surface area contributed by atoms with Crippen molar-refractivity contribution in [3.63, 3.8) is 0 Å². The van der Waals surface area contributed by atoms with Crippen molar-refractivity contribution >= 4 is 0 Å². The second kappa shape index (κ2) is 4.66. The number of hydrogen-bond acceptors (Lipinski definition) is 4. The Hall–Kier alpha value is -1.08. The Morgan fingerprint density at radius 2 is 1.94 bits per heavy atom. The average molecular weight is 249 g/mol. The highest BCUT2D eigenvalue weighted by atomic mass is 19.4. The zero-order valence-corrected chi connectivity index (χ0v) is 9.50. The number of aromatic nitrogens is 1. The van der Waals surface area contributed by atoms with Gasteiger partial charge in [0, 0.05) is 32.2 Å². The number of piperazine rings is 1. The van der Waals surface area contributed by atoms with Crippen molar-refractivity contribution < 1.29 is 17.7 Å². The van der Waals surface area contributed by atoms with Gasteiger partial charge in [0.2, 0.25) is 0 Å². The number of nitrogens with zero attached hydrogens (tertiary/aromatic N) is 3. The van der Waals surface area contributed by atoms with Gasteiger partial charge in [0.1, 0.15) is 0 Å². The van der Waals surface area contributed by atoms with E-state index >= 15 is 0 Å². The topological polar surface area (TPSA) is 32.5 Å². The first-order chi connectivity index (χ1) is 7.95. The van der Waals surface area contributed by atoms with Gasteiger partial charge in [-0.25, -0.2) is 0 Å². The second-order valence-corrected chi connectivity index (χ2v) is 4.26. The molecule has 0 aliphatic carbocycles. The van der Waals surface area contributed by atoms with E-state index in [-0.39, 0.29) is 5.76 Å². The van der Waals surface area contributed by atoms with Crippen molar-refractivity contribution in [2.24, 2.45) is 0 Å². The summed E-state index contributed by atoms with van der Waals surface area (Å²) in [6, 6.07) is 0.971. The van der Waals surface area contributed by atoms with E-state index in [4.69, 9.17) is 4.52 Å². The highest BCUT2D eigenvalue weighted by Gasteiger charge is 2.35. The highest BCUT2D eigenvalue weighted by molar-refractivity contribution is 5.08. The predicted molar refractivity (Wildman–Crippen MR) is 54.3 cm³/mol. The minimum absolute atomic E-state index is 0.266. The van der Waals surface area contributed by atoms with E-state index in [2.05, 4.69) is 15.0 Å². The van der Waals surface area contributed by atoms with Crippen molar-refractivity contribution in [2.75, 3.05) is 33.2 Å². The largest absolute Gasteiger partial charge is 0.436 e. The van der Waals surface area contributed by atoms with Crippen molar-refractivity contribution in [1.29, 1.82) is 0 Å². The van der Waals surface area contributed by atoms with Gasteiger partial charge >= 0.3 is 6.18 Å². The van der Waals surface area contributed by atoms with Crippen LogP contribution in [0.2, 0.25) is 0 Å². The molecule has 0 N–H and O–H groups in total. The van der Waals surface area contributed by atoms with Crippen LogP contribution in [0.3, 0.4) is 0 Å². The molecule has 0 atom stereocenters. The molecule has 2 rings (SSSR count). The maximum Gasteiger partial charge on any atom is 0.436 e. The van der Waals surface area contributed by atoms with Gasteiger partial charge in [-0.3, -0.25) is 4.90 Å². The zero-order chi connectivity index (χ0) is 12.5. The van der Waals surface area contributed by atoms with Crippen molar-refractivity contribution in [3.8, 4) is 0 Å². The third-order valence-electron chi connectivity index (χ3n) is 2.82. The molecule has 0 aromatic carbocycles. The van der Waals surface area contributed by atoms with E-state index in [1.807, 2.05) is 7.05 Å². The second-order valence-electron chi connectivity index (χ2n) is 4.26. The lowest BCUT2D eigenvalue weighted by molar-refractivity contribution is -0.142. The quantitative estimate of drug-likeness (QED) is 0.794. The Balaban J connectivity index is 1.93. The summed E-state index contributed by atoms with van der Waals surface area (Å²) >= 11 is 0. The van der Waals surface area contributed by atoms with Crippen molar-refractivity contribution in [3.05, 3.63) is 17.5 Å². The standard InChI is InChI=1S/C10H14F3N3O/c1-15-2-4-16(5-3-15)7-8-6-9(14-17-8)10(11,12)13/h6H,2-5,7H2,1H3. The molecule has 1 fully saturated rings. The molecule has 0 amide bonds. The first-order valence-corrected chi connectivity index (χ1v) is 5.39. The van der Waals surface area contributed by atoms with E-state index < -0.39 is 11.9 Å². The molecule has 17 heavy (non-hydrogen) atoms. The number of likely N-dealkylation sites (N-methyl/N-ethyl adjacent to an activating group) is 1. The van der Waals surface area contributed by atoms with E-state index in [1.165, 1.54) is 0 Å². The molecule has 1 aromatic rings. The number of alkyl halides is 3. The Labute approximate surface area is 97.0 Å². The summed E-state index contributed by atoms with van der Waals surface area (Å²) in [6.07, 6.45) is -4.43. The van der Waals surface area contributed by atoms with Gasteiger partial charge in [0.25, 0.3) is 0 Å². The van der Waals surface area contributed by atoms with Crippen LogP contribution in [0.25, 0.3) is 0 Å². The monoisotopic (exact) mass is 249 g/mol. The lowest BCUT2D eigenvalue weighted by Crippen LogP contribution is -2.43. The maximum absolute atomic E-state index is 12.3. The van der Waals surface area contributed by atoms with E-state index in [1.54, 1.807) is 0 Å². The Morgan fingerprint density at radius 3 is 2.47 bits per heavy atom. The fraction of sp³-hybridized carbons (Fsp3) is 0.700. The van der Waals surface area contributed by atoms with Crippen molar-refractivity contribution in [2.45, 2.75) is 12.7 Å². The number of rotatable bonds is 2. The van der Waals surface area contributed by atoms with Crippen molar-refractivity contribution in [1.82, 2.24) is 15.0 Å². The molecule has 0 saturated carbocycles. The van der Waals surface area contributed by atoms with Gasteiger partial charge in [-0.15, -0.1) is 0 Å². The van der Waals surface area contributed by atoms with Crippen LogP contribution in [0, 0.1) is 0 Å². The zero-order valence-electron chi connectivity index (χ0n) is 9.50. The van der Waals surface area contributed by atoms with Gasteiger partial charge < -0.3 is 9.42 Å². The van der Waals surface area contributed by atoms with Crippen LogP contribution < -0.4 is 0 Å². The van der Waals surface area contributed by atoms with Crippen LogP contribution in [0.4, 0.5) is 13.2 Å². The smallest absolute Gasteiger partial charge is 0.359 e. The van der Waals surface area contributed by atoms with E-state index in [0.717, 1.165) is 32.2 Å². The maximum atomic E-state index is 12.3. The lowest BCUT2D eigenvalue weighted by Gasteiger charge is -2.31. The van der Waals surface area contributed by atoms with Crippen LogP contribution >= 0.6 is 0 Å². The van der Waals surface area contributed by atoms with Gasteiger partial charge in [-0.2, -0.15) is 13.2 Å². The fourth-order valence-electron chi connectivity index (χ4n) is 1.75. The van der Waals surface area contributed by atoms with E-state index in [9.17, 15) is 13.2 Å². The molecule has 1 aromatic heterocycles. The number of halogens is 3. The van der Waals surface area contributed by atoms with Gasteiger partial charge in [0.15, 0.2) is 11.5 Å². The molecule has 0 radical (unpaired) electrons. The summed E-state index contributed by atoms with van der Waals surface area (Å²) in [4.78, 5) is 4.23. The lowest BCUT2D eigenvalue weighted by atomic mass is 10.3. The highest BCUT2D eigenvalue weighted by Crippen LogP contribution is 2.28. The molecule has 7 heteroatoms. The molecular weight excluding hydrogens is 235 g/mol. The van der Waals surface area contributed by atoms with Crippen LogP contribution in [-0.4, -0.2) is 48.2 Å². The molecule has 0 bridgehead atoms. The van der Waals surface area contributed by atoms with Crippen LogP contribution in [0.1, 0.15) is 11.5 Å². The minimum Gasteiger partial charge on any atom is -0.359 e. The molecule has 0 unspecified atom stereocenters. The molecule has 2 heterocycles. The Bertz CT molecular complexity index is 369. The molecule has 0 spiro atoms. The number of hydrogen-bond donors (Lipinski definition) is 0. The molecule has 1 saturated heterocycles. The summed E-state index contributed by atoms with van der Waals surface area (Å²) < 4.78 is 41.6. The van der Waals surface area contributed by atoms with Gasteiger partial charge in [-0.1, -0.05) is 5.16 Å². The molecule has 1 aliphatic rings. The third kappa shape index (κ3) is 3.19. The SMILES string of the molecule is CN1CCN(Cc2cc(C(F)(F)F)no2)CC1. The first-order valence-electron chi connectivity index (χ1n) is 5.39. The molecular formula is C10H14F3N3O. The average Bonchev–Trinajstić information content (AvgIpc) is 2.69. The molecule has 96 valence electrons. The predicted octanol–water partition coefficient (Wildman–Crippen LogP) is 1.44. The first kappa shape index (κ1) is 12.4. The van der Waals surface area contributed by atoms with Gasteiger partial charge in [-0.05, 0) is 7.05 Å². The normalized spacial score (nSPS) is 19.8. The fourth-order valence-corrected chi connectivity index (χ4v) is 1.75. The summed E-state index contributed by atoms with van der Waals surface area (Å²) in [5.74, 6) is 0.266. The summed E-state index contributed by atoms with van der Waals surface area (Å²) in [6.45, 7) is 3.88. The van der Waals surface area contributed by atoms with Crippen LogP contribution in [0.5, 0.6) is 0 Å². The molecule has 4 nitrogen and oxygen atoms in total. The Kier molecular flexibility index (Phi) is 3.39. The van der Waals surface area contributed by atoms with Crippen LogP contribution in [0.15, 0.2) is 10.6 Å². The summed E-state index contributed by atoms with van der Waals surface area (Å²) in [7, 11) is 2.02.